The Labute approximate surface area is 335 Å². The summed E-state index contributed by atoms with van der Waals surface area (Å²) in [6.07, 6.45) is 0. The first-order chi connectivity index (χ1) is 25.9. The summed E-state index contributed by atoms with van der Waals surface area (Å²) in [6.45, 7) is 10.8. The van der Waals surface area contributed by atoms with Crippen LogP contribution in [-0.2, 0) is 20.8 Å². The predicted molar refractivity (Wildman–Crippen MR) is 234 cm³/mol. The number of benzene rings is 7. The summed E-state index contributed by atoms with van der Waals surface area (Å²) >= 11 is -0.826. The Bertz CT molecular complexity index is 2600. The van der Waals surface area contributed by atoms with Crippen molar-refractivity contribution < 1.29 is 20.8 Å². The molecule has 0 aromatic heterocycles. The van der Waals surface area contributed by atoms with E-state index < -0.39 is 20.8 Å². The summed E-state index contributed by atoms with van der Waals surface area (Å²) in [6, 6.07) is 59.4. The molecule has 53 heavy (non-hydrogen) atoms. The Morgan fingerprint density at radius 1 is 0.491 bits per heavy atom. The molecular formula is C49H42Cl2SiZr. The molecule has 9 aromatic carbocycles. The second-order valence-electron chi connectivity index (χ2n) is 13.3. The molecule has 0 N–H and O–H groups in total. The minimum atomic E-state index is -0.826. The molecule has 0 atom stereocenters. The summed E-state index contributed by atoms with van der Waals surface area (Å²) in [4.78, 5) is 0. The molecule has 0 bridgehead atoms. The standard InChI is InChI=1S/C26H19.C21H17.C2H6Si.2ClH.Zr/c1-18-7-4-10-20(15-18)22-16-21-11-6-14-25(26(21)17-22)24-13-5-9-19-8-2-3-12-23(19)24;1-14-12-20-15(2)10-11-19(21(20)13-14)18-9-5-7-16-6-3-4-8-17(16)18;1-3-2;;;/h2-17H,1H3;3-13H,1-2H3;1-2H3;2*1H;/q2*-1;;;;+4/p-2. The van der Waals surface area contributed by atoms with Gasteiger partial charge in [0.2, 0.25) is 0 Å². The van der Waals surface area contributed by atoms with Crippen LogP contribution in [0.2, 0.25) is 13.1 Å². The van der Waals surface area contributed by atoms with Gasteiger partial charge in [-0.1, -0.05) is 177 Å². The molecule has 0 heterocycles. The first-order valence-corrected chi connectivity index (χ1v) is 26.1. The van der Waals surface area contributed by atoms with Crippen molar-refractivity contribution in [3.05, 3.63) is 180 Å². The fraction of sp³-hybridized carbons (Fsp3) is 0.102. The van der Waals surface area contributed by atoms with Gasteiger partial charge in [-0.15, -0.1) is 68.6 Å². The van der Waals surface area contributed by atoms with Gasteiger partial charge in [-0.2, -0.15) is 6.07 Å². The molecule has 0 aliphatic carbocycles. The van der Waals surface area contributed by atoms with Gasteiger partial charge in [-0.05, 0) is 39.6 Å². The molecule has 0 aliphatic heterocycles. The zero-order chi connectivity index (χ0) is 37.3. The zero-order valence-electron chi connectivity index (χ0n) is 30.8. The number of hydrogen-bond acceptors (Lipinski definition) is 0. The third-order valence-corrected chi connectivity index (χ3v) is 9.51. The molecule has 0 fully saturated rings. The monoisotopic (exact) mass is 818 g/mol. The number of rotatable bonds is 3. The molecule has 260 valence electrons. The number of hydrogen-bond donors (Lipinski definition) is 0. The molecule has 2 radical (unpaired) electrons. The van der Waals surface area contributed by atoms with E-state index in [4.69, 9.17) is 17.0 Å². The SMILES string of the molecule is C[Si]C.Cc1cc2c(-c3cccc4ccccc34)ccc(C)c2[cH-]1.Cc1cccc(-c2cc3c(-c4cccc5ccccc45)cccc3[cH-]2)c1.[Cl][Zr+2][Cl]. The van der Waals surface area contributed by atoms with Crippen molar-refractivity contribution in [2.75, 3.05) is 0 Å². The molecule has 4 heteroatoms. The summed E-state index contributed by atoms with van der Waals surface area (Å²) in [5.74, 6) is 0. The normalized spacial score (nSPS) is 10.5. The van der Waals surface area contributed by atoms with Crippen LogP contribution >= 0.6 is 17.0 Å². The van der Waals surface area contributed by atoms with Gasteiger partial charge >= 0.3 is 37.9 Å². The van der Waals surface area contributed by atoms with E-state index in [1.807, 2.05) is 0 Å². The van der Waals surface area contributed by atoms with Crippen LogP contribution in [0.5, 0.6) is 0 Å². The third-order valence-electron chi connectivity index (χ3n) is 9.51. The molecule has 0 spiro atoms. The van der Waals surface area contributed by atoms with Crippen LogP contribution in [0.1, 0.15) is 16.7 Å². The molecular weight excluding hydrogens is 779 g/mol. The quantitative estimate of drug-likeness (QED) is 0.123. The molecule has 9 aromatic rings. The van der Waals surface area contributed by atoms with E-state index in [2.05, 4.69) is 198 Å². The second kappa shape index (κ2) is 18.3. The van der Waals surface area contributed by atoms with Crippen molar-refractivity contribution in [1.82, 2.24) is 0 Å². The van der Waals surface area contributed by atoms with E-state index in [-0.39, 0.29) is 0 Å². The minimum absolute atomic E-state index is 0.826. The van der Waals surface area contributed by atoms with Crippen molar-refractivity contribution in [3.8, 4) is 33.4 Å². The zero-order valence-corrected chi connectivity index (χ0v) is 35.8. The number of aryl methyl sites for hydroxylation is 3. The number of halogens is 2. The van der Waals surface area contributed by atoms with Crippen molar-refractivity contribution in [3.63, 3.8) is 0 Å². The summed E-state index contributed by atoms with van der Waals surface area (Å²) in [5, 5.41) is 10.6. The van der Waals surface area contributed by atoms with Crippen LogP contribution in [0.25, 0.3) is 76.5 Å². The Kier molecular flexibility index (Phi) is 13.4. The molecule has 9 rings (SSSR count). The van der Waals surface area contributed by atoms with Crippen LogP contribution in [0.15, 0.2) is 164 Å². The van der Waals surface area contributed by atoms with Crippen molar-refractivity contribution >= 4 is 69.6 Å². The average molecular weight is 821 g/mol. The summed E-state index contributed by atoms with van der Waals surface area (Å²) < 4.78 is 0. The number of fused-ring (bicyclic) bond motifs is 4. The molecule has 0 nitrogen and oxygen atoms in total. The van der Waals surface area contributed by atoms with Crippen molar-refractivity contribution in [1.29, 1.82) is 0 Å². The average Bonchev–Trinajstić information content (AvgIpc) is 3.80. The Morgan fingerprint density at radius 3 is 1.60 bits per heavy atom. The van der Waals surface area contributed by atoms with E-state index in [1.54, 1.807) is 0 Å². The first-order valence-electron chi connectivity index (χ1n) is 17.8. The van der Waals surface area contributed by atoms with E-state index >= 15 is 0 Å². The van der Waals surface area contributed by atoms with Gasteiger partial charge in [0.05, 0.1) is 0 Å². The van der Waals surface area contributed by atoms with Crippen LogP contribution in [-0.4, -0.2) is 9.52 Å². The third kappa shape index (κ3) is 8.86. The maximum absolute atomic E-state index is 4.93. The molecule has 0 unspecified atom stereocenters. The van der Waals surface area contributed by atoms with Crippen molar-refractivity contribution in [2.24, 2.45) is 0 Å². The molecule has 0 aliphatic rings. The van der Waals surface area contributed by atoms with E-state index in [0.717, 1.165) is 9.52 Å². The fourth-order valence-electron chi connectivity index (χ4n) is 7.21. The molecule has 0 saturated heterocycles. The van der Waals surface area contributed by atoms with Gasteiger partial charge in [-0.25, -0.2) is 0 Å². The molecule has 0 saturated carbocycles. The van der Waals surface area contributed by atoms with Gasteiger partial charge in [0.1, 0.15) is 0 Å². The first kappa shape index (κ1) is 38.7. The van der Waals surface area contributed by atoms with Crippen molar-refractivity contribution in [2.45, 2.75) is 33.9 Å². The fourth-order valence-corrected chi connectivity index (χ4v) is 7.21. The molecule has 0 amide bonds. The Balaban J connectivity index is 0.000000161. The van der Waals surface area contributed by atoms with Crippen LogP contribution in [0, 0.1) is 20.8 Å². The maximum atomic E-state index is 4.93. The van der Waals surface area contributed by atoms with Gasteiger partial charge in [0.15, 0.2) is 0 Å². The summed E-state index contributed by atoms with van der Waals surface area (Å²) in [7, 11) is 11.0. The van der Waals surface area contributed by atoms with E-state index in [1.165, 1.54) is 93.2 Å². The predicted octanol–water partition coefficient (Wildman–Crippen LogP) is 15.5. The van der Waals surface area contributed by atoms with Gasteiger partial charge in [0, 0.05) is 9.52 Å². The Morgan fingerprint density at radius 2 is 1.00 bits per heavy atom. The van der Waals surface area contributed by atoms with E-state index in [0.29, 0.717) is 0 Å². The summed E-state index contributed by atoms with van der Waals surface area (Å²) in [5.41, 5.74) is 11.8. The second-order valence-corrected chi connectivity index (χ2v) is 18.1. The van der Waals surface area contributed by atoms with Gasteiger partial charge < -0.3 is 0 Å². The van der Waals surface area contributed by atoms with Crippen LogP contribution in [0.3, 0.4) is 0 Å². The van der Waals surface area contributed by atoms with Gasteiger partial charge in [-0.3, -0.25) is 0 Å². The Hall–Kier alpha value is -4.04. The van der Waals surface area contributed by atoms with Gasteiger partial charge in [0.25, 0.3) is 0 Å². The van der Waals surface area contributed by atoms with Crippen LogP contribution < -0.4 is 0 Å². The van der Waals surface area contributed by atoms with E-state index in [9.17, 15) is 0 Å². The van der Waals surface area contributed by atoms with Crippen LogP contribution in [0.4, 0.5) is 0 Å². The topological polar surface area (TPSA) is 0 Å².